The normalized spacial score (nSPS) is 10.7. The van der Waals surface area contributed by atoms with Crippen LogP contribution in [-0.2, 0) is 11.3 Å². The highest BCUT2D eigenvalue weighted by Crippen LogP contribution is 2.27. The Labute approximate surface area is 156 Å². The molecule has 0 unspecified atom stereocenters. The Hall–Kier alpha value is -2.80. The van der Waals surface area contributed by atoms with Crippen LogP contribution in [0.25, 0.3) is 11.4 Å². The van der Waals surface area contributed by atoms with Gasteiger partial charge in [0.05, 0.1) is 5.75 Å². The molecule has 0 bridgehead atoms. The van der Waals surface area contributed by atoms with E-state index < -0.39 is 0 Å². The summed E-state index contributed by atoms with van der Waals surface area (Å²) < 4.78 is 1.97. The highest BCUT2D eigenvalue weighted by Gasteiger charge is 2.16. The largest absolute Gasteiger partial charge is 0.398 e. The minimum absolute atomic E-state index is 0.0784. The van der Waals surface area contributed by atoms with Gasteiger partial charge in [0.15, 0.2) is 11.0 Å². The number of rotatable bonds is 6. The second-order valence-corrected chi connectivity index (χ2v) is 6.78. The van der Waals surface area contributed by atoms with Gasteiger partial charge >= 0.3 is 0 Å². The molecule has 0 aliphatic carbocycles. The van der Waals surface area contributed by atoms with Crippen molar-refractivity contribution >= 4 is 29.0 Å². The molecule has 134 valence electrons. The summed E-state index contributed by atoms with van der Waals surface area (Å²) in [5.74, 6) is 0.897. The molecule has 7 heteroatoms. The van der Waals surface area contributed by atoms with Gasteiger partial charge in [-0.05, 0) is 38.1 Å². The van der Waals surface area contributed by atoms with E-state index in [0.29, 0.717) is 23.2 Å². The van der Waals surface area contributed by atoms with E-state index in [0.717, 1.165) is 16.8 Å². The number of aryl methyl sites for hydroxylation is 1. The van der Waals surface area contributed by atoms with Crippen molar-refractivity contribution in [2.24, 2.45) is 0 Å². The summed E-state index contributed by atoms with van der Waals surface area (Å²) in [6.45, 7) is 4.72. The van der Waals surface area contributed by atoms with Crippen LogP contribution in [0.2, 0.25) is 0 Å². The number of nitrogens with two attached hydrogens (primary N) is 1. The third-order valence-electron chi connectivity index (χ3n) is 3.90. The van der Waals surface area contributed by atoms with Crippen LogP contribution in [0.5, 0.6) is 0 Å². The molecule has 0 atom stereocenters. The van der Waals surface area contributed by atoms with Crippen LogP contribution in [0.4, 0.5) is 11.4 Å². The number of carbonyl (C=O) groups excluding carboxylic acids is 1. The zero-order valence-electron chi connectivity index (χ0n) is 14.8. The van der Waals surface area contributed by atoms with Crippen LogP contribution in [0.1, 0.15) is 12.5 Å². The number of amides is 1. The molecule has 0 saturated heterocycles. The second-order valence-electron chi connectivity index (χ2n) is 5.84. The summed E-state index contributed by atoms with van der Waals surface area (Å²) in [7, 11) is 0. The molecule has 0 spiro atoms. The van der Waals surface area contributed by atoms with Crippen LogP contribution in [0.15, 0.2) is 53.7 Å². The van der Waals surface area contributed by atoms with Gasteiger partial charge in [0.2, 0.25) is 5.91 Å². The van der Waals surface area contributed by atoms with Gasteiger partial charge in [-0.25, -0.2) is 0 Å². The number of nitrogen functional groups attached to an aromatic ring is 1. The Morgan fingerprint density at radius 1 is 1.15 bits per heavy atom. The van der Waals surface area contributed by atoms with Gasteiger partial charge in [0, 0.05) is 23.5 Å². The van der Waals surface area contributed by atoms with Crippen molar-refractivity contribution in [1.82, 2.24) is 14.8 Å². The van der Waals surface area contributed by atoms with E-state index in [2.05, 4.69) is 15.5 Å². The fourth-order valence-corrected chi connectivity index (χ4v) is 3.35. The highest BCUT2D eigenvalue weighted by atomic mass is 32.2. The van der Waals surface area contributed by atoms with Crippen LogP contribution in [0, 0.1) is 6.92 Å². The number of hydrogen-bond acceptors (Lipinski definition) is 5. The molecule has 1 heterocycles. The number of thioether (sulfide) groups is 1. The average molecular weight is 367 g/mol. The zero-order chi connectivity index (χ0) is 18.5. The number of carbonyl (C=O) groups is 1. The number of nitrogens with one attached hydrogen (secondary N) is 1. The van der Waals surface area contributed by atoms with E-state index in [9.17, 15) is 4.79 Å². The summed E-state index contributed by atoms with van der Waals surface area (Å²) in [5.41, 5.74) is 9.49. The van der Waals surface area contributed by atoms with Crippen molar-refractivity contribution in [3.8, 4) is 11.4 Å². The Kier molecular flexibility index (Phi) is 5.58. The van der Waals surface area contributed by atoms with Gasteiger partial charge in [-0.2, -0.15) is 0 Å². The number of para-hydroxylation sites is 1. The molecule has 2 aromatic carbocycles. The molecule has 3 aromatic rings. The second kappa shape index (κ2) is 8.05. The van der Waals surface area contributed by atoms with E-state index >= 15 is 0 Å². The molecule has 0 aliphatic heterocycles. The van der Waals surface area contributed by atoms with Crippen molar-refractivity contribution in [2.45, 2.75) is 25.5 Å². The number of nitrogens with zero attached hydrogens (tertiary/aromatic N) is 3. The predicted octanol–water partition coefficient (Wildman–Crippen LogP) is 3.59. The summed E-state index contributed by atoms with van der Waals surface area (Å²) in [6.07, 6.45) is 0. The SMILES string of the molecule is CCn1c(SCC(=O)Nc2ccc(C)cc2)nnc1-c1ccccc1N. The van der Waals surface area contributed by atoms with Crippen LogP contribution >= 0.6 is 11.8 Å². The topological polar surface area (TPSA) is 85.8 Å². The molecule has 0 fully saturated rings. The molecule has 1 amide bonds. The first-order valence-corrected chi connectivity index (χ1v) is 9.34. The lowest BCUT2D eigenvalue weighted by Gasteiger charge is -2.09. The number of benzene rings is 2. The van der Waals surface area contributed by atoms with E-state index in [1.54, 1.807) is 0 Å². The molecular formula is C19H21N5OS. The van der Waals surface area contributed by atoms with Gasteiger partial charge in [-0.15, -0.1) is 10.2 Å². The van der Waals surface area contributed by atoms with E-state index in [1.165, 1.54) is 11.8 Å². The summed E-state index contributed by atoms with van der Waals surface area (Å²) in [4.78, 5) is 12.2. The monoisotopic (exact) mass is 367 g/mol. The molecule has 0 radical (unpaired) electrons. The summed E-state index contributed by atoms with van der Waals surface area (Å²) in [5, 5.41) is 12.1. The van der Waals surface area contributed by atoms with Crippen molar-refractivity contribution in [3.05, 3.63) is 54.1 Å². The molecule has 6 nitrogen and oxygen atoms in total. The lowest BCUT2D eigenvalue weighted by atomic mass is 10.1. The van der Waals surface area contributed by atoms with Gasteiger partial charge in [0.25, 0.3) is 0 Å². The minimum Gasteiger partial charge on any atom is -0.398 e. The third kappa shape index (κ3) is 4.05. The molecule has 26 heavy (non-hydrogen) atoms. The predicted molar refractivity (Wildman–Crippen MR) is 106 cm³/mol. The van der Waals surface area contributed by atoms with Crippen LogP contribution in [0.3, 0.4) is 0 Å². The lowest BCUT2D eigenvalue weighted by molar-refractivity contribution is -0.113. The Morgan fingerprint density at radius 3 is 2.58 bits per heavy atom. The molecule has 3 rings (SSSR count). The van der Waals surface area contributed by atoms with E-state index in [-0.39, 0.29) is 11.7 Å². The van der Waals surface area contributed by atoms with E-state index in [4.69, 9.17) is 5.73 Å². The molecule has 3 N–H and O–H groups in total. The first kappa shape index (κ1) is 18.0. The van der Waals surface area contributed by atoms with Crippen molar-refractivity contribution in [1.29, 1.82) is 0 Å². The number of anilines is 2. The molecule has 1 aromatic heterocycles. The van der Waals surface area contributed by atoms with Gasteiger partial charge in [0.1, 0.15) is 0 Å². The van der Waals surface area contributed by atoms with E-state index in [1.807, 2.05) is 66.9 Å². The highest BCUT2D eigenvalue weighted by molar-refractivity contribution is 7.99. The fraction of sp³-hybridized carbons (Fsp3) is 0.211. The maximum absolute atomic E-state index is 12.2. The van der Waals surface area contributed by atoms with Gasteiger partial charge in [-0.3, -0.25) is 4.79 Å². The maximum Gasteiger partial charge on any atom is 0.234 e. The molecular weight excluding hydrogens is 346 g/mol. The smallest absolute Gasteiger partial charge is 0.234 e. The third-order valence-corrected chi connectivity index (χ3v) is 4.87. The molecule has 0 saturated carbocycles. The number of aromatic nitrogens is 3. The Bertz CT molecular complexity index is 905. The van der Waals surface area contributed by atoms with Crippen LogP contribution < -0.4 is 11.1 Å². The summed E-state index contributed by atoms with van der Waals surface area (Å²) >= 11 is 1.36. The lowest BCUT2D eigenvalue weighted by Crippen LogP contribution is -2.14. The Morgan fingerprint density at radius 2 is 1.88 bits per heavy atom. The summed E-state index contributed by atoms with van der Waals surface area (Å²) in [6, 6.07) is 15.3. The first-order chi connectivity index (χ1) is 12.6. The Balaban J connectivity index is 1.69. The van der Waals surface area contributed by atoms with Crippen molar-refractivity contribution in [3.63, 3.8) is 0 Å². The first-order valence-electron chi connectivity index (χ1n) is 8.36. The van der Waals surface area contributed by atoms with Crippen molar-refractivity contribution in [2.75, 3.05) is 16.8 Å². The molecule has 0 aliphatic rings. The van der Waals surface area contributed by atoms with Gasteiger partial charge in [-0.1, -0.05) is 41.6 Å². The van der Waals surface area contributed by atoms with Gasteiger partial charge < -0.3 is 15.6 Å². The zero-order valence-corrected chi connectivity index (χ0v) is 15.6. The standard InChI is InChI=1S/C19H21N5OS/c1-3-24-18(15-6-4-5-7-16(15)20)22-23-19(24)26-12-17(25)21-14-10-8-13(2)9-11-14/h4-11H,3,12,20H2,1-2H3,(H,21,25). The quantitative estimate of drug-likeness (QED) is 0.514. The fourth-order valence-electron chi connectivity index (χ4n) is 2.54. The van der Waals surface area contributed by atoms with Crippen molar-refractivity contribution < 1.29 is 4.79 Å². The minimum atomic E-state index is -0.0784. The maximum atomic E-state index is 12.2. The van der Waals surface area contributed by atoms with Crippen LogP contribution in [-0.4, -0.2) is 26.4 Å². The average Bonchev–Trinajstić information content (AvgIpc) is 3.05. The number of hydrogen-bond donors (Lipinski definition) is 2.